The topological polar surface area (TPSA) is 50.4 Å². The summed E-state index contributed by atoms with van der Waals surface area (Å²) >= 11 is 0. The third kappa shape index (κ3) is 1.73. The van der Waals surface area contributed by atoms with Crippen LogP contribution in [0, 0.1) is 0 Å². The molecule has 2 aromatic rings. The minimum atomic E-state index is -0.350. The van der Waals surface area contributed by atoms with Crippen molar-refractivity contribution in [2.45, 2.75) is 19.8 Å². The molecular formula is C12H12O3. The van der Waals surface area contributed by atoms with Crippen LogP contribution in [0.2, 0.25) is 0 Å². The van der Waals surface area contributed by atoms with Gasteiger partial charge >= 0.3 is 5.63 Å². The lowest BCUT2D eigenvalue weighted by molar-refractivity contribution is 0.475. The Morgan fingerprint density at radius 3 is 2.67 bits per heavy atom. The van der Waals surface area contributed by atoms with Crippen molar-refractivity contribution in [3.05, 3.63) is 40.2 Å². The molecule has 0 unspecified atom stereocenters. The Morgan fingerprint density at radius 2 is 2.00 bits per heavy atom. The Kier molecular flexibility index (Phi) is 2.23. The molecule has 0 bridgehead atoms. The molecule has 0 saturated carbocycles. The summed E-state index contributed by atoms with van der Waals surface area (Å²) in [5.74, 6) is 0.400. The lowest BCUT2D eigenvalue weighted by Gasteiger charge is -2.08. The van der Waals surface area contributed by atoms with Crippen LogP contribution in [0.5, 0.6) is 5.75 Å². The third-order valence-corrected chi connectivity index (χ3v) is 2.38. The highest BCUT2D eigenvalue weighted by Gasteiger charge is 2.09. The van der Waals surface area contributed by atoms with Crippen LogP contribution in [0.3, 0.4) is 0 Å². The normalized spacial score (nSPS) is 11.1. The van der Waals surface area contributed by atoms with E-state index in [2.05, 4.69) is 0 Å². The minimum absolute atomic E-state index is 0.179. The number of benzene rings is 1. The molecule has 15 heavy (non-hydrogen) atoms. The first kappa shape index (κ1) is 9.77. The molecule has 1 heterocycles. The molecule has 0 atom stereocenters. The molecule has 0 saturated heterocycles. The smallest absolute Gasteiger partial charge is 0.336 e. The second kappa shape index (κ2) is 3.42. The van der Waals surface area contributed by atoms with Gasteiger partial charge in [-0.15, -0.1) is 0 Å². The van der Waals surface area contributed by atoms with Crippen molar-refractivity contribution in [1.82, 2.24) is 0 Å². The minimum Gasteiger partial charge on any atom is -0.508 e. The zero-order valence-corrected chi connectivity index (χ0v) is 8.65. The molecule has 1 aromatic carbocycles. The molecule has 3 heteroatoms. The van der Waals surface area contributed by atoms with Gasteiger partial charge in [0.2, 0.25) is 0 Å². The van der Waals surface area contributed by atoms with Gasteiger partial charge in [0.25, 0.3) is 0 Å². The van der Waals surface area contributed by atoms with Crippen molar-refractivity contribution in [1.29, 1.82) is 0 Å². The lowest BCUT2D eigenvalue weighted by Crippen LogP contribution is -2.01. The van der Waals surface area contributed by atoms with E-state index in [0.29, 0.717) is 5.58 Å². The summed E-state index contributed by atoms with van der Waals surface area (Å²) in [6, 6.07) is 6.22. The van der Waals surface area contributed by atoms with Gasteiger partial charge in [0.05, 0.1) is 0 Å². The van der Waals surface area contributed by atoms with E-state index in [1.165, 1.54) is 12.1 Å². The molecule has 0 aliphatic heterocycles. The average molecular weight is 204 g/mol. The van der Waals surface area contributed by atoms with Crippen molar-refractivity contribution in [2.75, 3.05) is 0 Å². The van der Waals surface area contributed by atoms with Gasteiger partial charge in [-0.1, -0.05) is 13.8 Å². The van der Waals surface area contributed by atoms with Crippen LogP contribution < -0.4 is 5.63 Å². The molecule has 0 fully saturated rings. The second-order valence-electron chi connectivity index (χ2n) is 3.86. The van der Waals surface area contributed by atoms with Gasteiger partial charge in [0.1, 0.15) is 11.3 Å². The molecule has 0 spiro atoms. The molecule has 0 aliphatic carbocycles. The molecule has 3 nitrogen and oxygen atoms in total. The number of fused-ring (bicyclic) bond motifs is 1. The molecule has 1 aromatic heterocycles. The van der Waals surface area contributed by atoms with Gasteiger partial charge < -0.3 is 9.52 Å². The number of hydrogen-bond acceptors (Lipinski definition) is 3. The molecule has 1 N–H and O–H groups in total. The van der Waals surface area contributed by atoms with Gasteiger partial charge in [-0.2, -0.15) is 0 Å². The summed E-state index contributed by atoms with van der Waals surface area (Å²) in [6.45, 7) is 4.00. The largest absolute Gasteiger partial charge is 0.508 e. The first-order valence-corrected chi connectivity index (χ1v) is 4.84. The standard InChI is InChI=1S/C12H12O3/c1-7(2)9-6-12(14)15-11-4-3-8(13)5-10(9)11/h3-7,13H,1-2H3. The summed E-state index contributed by atoms with van der Waals surface area (Å²) < 4.78 is 5.04. The van der Waals surface area contributed by atoms with Crippen molar-refractivity contribution in [3.63, 3.8) is 0 Å². The van der Waals surface area contributed by atoms with Crippen molar-refractivity contribution in [2.24, 2.45) is 0 Å². The highest BCUT2D eigenvalue weighted by molar-refractivity contribution is 5.82. The predicted molar refractivity (Wildman–Crippen MR) is 58.2 cm³/mol. The van der Waals surface area contributed by atoms with Crippen LogP contribution in [0.1, 0.15) is 25.3 Å². The average Bonchev–Trinajstić information content (AvgIpc) is 2.17. The highest BCUT2D eigenvalue weighted by atomic mass is 16.4. The quantitative estimate of drug-likeness (QED) is 0.726. The second-order valence-corrected chi connectivity index (χ2v) is 3.86. The first-order chi connectivity index (χ1) is 7.08. The maximum absolute atomic E-state index is 11.3. The van der Waals surface area contributed by atoms with Crippen molar-refractivity contribution in [3.8, 4) is 5.75 Å². The molecule has 0 radical (unpaired) electrons. The number of rotatable bonds is 1. The van der Waals surface area contributed by atoms with Crippen LogP contribution in [0.15, 0.2) is 33.5 Å². The first-order valence-electron chi connectivity index (χ1n) is 4.84. The highest BCUT2D eigenvalue weighted by Crippen LogP contribution is 2.26. The van der Waals surface area contributed by atoms with Crippen LogP contribution in [0.25, 0.3) is 11.0 Å². The molecule has 78 valence electrons. The lowest BCUT2D eigenvalue weighted by atomic mass is 10.00. The van der Waals surface area contributed by atoms with Crippen molar-refractivity contribution < 1.29 is 9.52 Å². The number of phenolic OH excluding ortho intramolecular Hbond substituents is 1. The fraction of sp³-hybridized carbons (Fsp3) is 0.250. The van der Waals surface area contributed by atoms with Gasteiger partial charge in [0, 0.05) is 11.5 Å². The summed E-state index contributed by atoms with van der Waals surface area (Å²) in [5, 5.41) is 10.2. The molecular weight excluding hydrogens is 192 g/mol. The predicted octanol–water partition coefficient (Wildman–Crippen LogP) is 2.62. The Bertz CT molecular complexity index is 552. The van der Waals surface area contributed by atoms with E-state index in [-0.39, 0.29) is 17.3 Å². The summed E-state index contributed by atoms with van der Waals surface area (Å²) in [5.41, 5.74) is 1.07. The monoisotopic (exact) mass is 204 g/mol. The van der Waals surface area contributed by atoms with E-state index >= 15 is 0 Å². The Hall–Kier alpha value is -1.77. The zero-order chi connectivity index (χ0) is 11.0. The number of aromatic hydroxyl groups is 1. The van der Waals surface area contributed by atoms with Crippen LogP contribution in [-0.2, 0) is 0 Å². The summed E-state index contributed by atoms with van der Waals surface area (Å²) in [4.78, 5) is 11.3. The number of hydrogen-bond donors (Lipinski definition) is 1. The molecule has 0 amide bonds. The van der Waals surface area contributed by atoms with Crippen LogP contribution in [-0.4, -0.2) is 5.11 Å². The van der Waals surface area contributed by atoms with E-state index < -0.39 is 0 Å². The van der Waals surface area contributed by atoms with Gasteiger partial charge in [-0.05, 0) is 29.7 Å². The SMILES string of the molecule is CC(C)c1cc(=O)oc2ccc(O)cc12. The summed E-state index contributed by atoms with van der Waals surface area (Å²) in [7, 11) is 0. The molecule has 2 rings (SSSR count). The molecule has 0 aliphatic rings. The van der Waals surface area contributed by atoms with E-state index in [0.717, 1.165) is 10.9 Å². The Labute approximate surface area is 87.0 Å². The Morgan fingerprint density at radius 1 is 1.27 bits per heavy atom. The van der Waals surface area contributed by atoms with E-state index in [9.17, 15) is 9.90 Å². The third-order valence-electron chi connectivity index (χ3n) is 2.38. The summed E-state index contributed by atoms with van der Waals surface area (Å²) in [6.07, 6.45) is 0. The van der Waals surface area contributed by atoms with Gasteiger partial charge in [-0.3, -0.25) is 0 Å². The number of phenols is 1. The van der Waals surface area contributed by atoms with E-state index in [4.69, 9.17) is 4.42 Å². The van der Waals surface area contributed by atoms with E-state index in [1.807, 2.05) is 13.8 Å². The fourth-order valence-electron chi connectivity index (χ4n) is 1.65. The maximum Gasteiger partial charge on any atom is 0.336 e. The Balaban J connectivity index is 2.88. The van der Waals surface area contributed by atoms with Crippen LogP contribution >= 0.6 is 0 Å². The van der Waals surface area contributed by atoms with Gasteiger partial charge in [-0.25, -0.2) is 4.79 Å². The van der Waals surface area contributed by atoms with Gasteiger partial charge in [0.15, 0.2) is 0 Å². The maximum atomic E-state index is 11.3. The van der Waals surface area contributed by atoms with Crippen LogP contribution in [0.4, 0.5) is 0 Å². The fourth-order valence-corrected chi connectivity index (χ4v) is 1.65. The van der Waals surface area contributed by atoms with E-state index in [1.54, 1.807) is 12.1 Å². The zero-order valence-electron chi connectivity index (χ0n) is 8.65. The van der Waals surface area contributed by atoms with Crippen molar-refractivity contribution >= 4 is 11.0 Å².